The molecule has 2 aromatic rings. The molecule has 0 atom stereocenters. The Bertz CT molecular complexity index is 913. The summed E-state index contributed by atoms with van der Waals surface area (Å²) in [5, 5.41) is 12.0. The third-order valence-electron chi connectivity index (χ3n) is 3.88. The number of nitrogens with one attached hydrogen (secondary N) is 1. The molecular weight excluding hydrogens is 420 g/mol. The summed E-state index contributed by atoms with van der Waals surface area (Å²) in [5.41, 5.74) is 2.90. The Balaban J connectivity index is 2.26. The number of nitriles is 1. The molecule has 0 heterocycles. The zero-order chi connectivity index (χ0) is 20.7. The number of halogens is 1. The van der Waals surface area contributed by atoms with Gasteiger partial charge in [-0.3, -0.25) is 4.79 Å². The number of benzene rings is 2. The van der Waals surface area contributed by atoms with Gasteiger partial charge in [-0.15, -0.1) is 0 Å². The van der Waals surface area contributed by atoms with Crippen molar-refractivity contribution in [3.63, 3.8) is 0 Å². The van der Waals surface area contributed by atoms with Gasteiger partial charge in [0.2, 0.25) is 0 Å². The second-order valence-corrected chi connectivity index (χ2v) is 7.45. The average molecular weight is 443 g/mol. The van der Waals surface area contributed by atoms with E-state index < -0.39 is 5.91 Å². The first-order valence-corrected chi connectivity index (χ1v) is 9.62. The van der Waals surface area contributed by atoms with E-state index in [4.69, 9.17) is 9.47 Å². The Morgan fingerprint density at radius 3 is 2.50 bits per heavy atom. The second-order valence-electron chi connectivity index (χ2n) is 6.60. The molecule has 0 aliphatic heterocycles. The molecule has 0 fully saturated rings. The molecule has 0 aromatic heterocycles. The summed E-state index contributed by atoms with van der Waals surface area (Å²) in [5.74, 6) is 0.670. The van der Waals surface area contributed by atoms with Crippen LogP contribution in [0.2, 0.25) is 0 Å². The highest BCUT2D eigenvalue weighted by Crippen LogP contribution is 2.35. The Hall–Kier alpha value is -2.78. The van der Waals surface area contributed by atoms with Crippen LogP contribution in [0.25, 0.3) is 6.08 Å². The summed E-state index contributed by atoms with van der Waals surface area (Å²) >= 11 is 3.48. The van der Waals surface area contributed by atoms with Crippen molar-refractivity contribution in [2.24, 2.45) is 0 Å². The third-order valence-corrected chi connectivity index (χ3v) is 4.57. The van der Waals surface area contributed by atoms with Crippen LogP contribution in [-0.2, 0) is 11.4 Å². The molecule has 1 amide bonds. The van der Waals surface area contributed by atoms with Gasteiger partial charge in [0.25, 0.3) is 5.91 Å². The molecule has 0 aliphatic carbocycles. The van der Waals surface area contributed by atoms with Crippen LogP contribution < -0.4 is 14.8 Å². The number of nitrogens with zero attached hydrogens (tertiary/aromatic N) is 1. The lowest BCUT2D eigenvalue weighted by Crippen LogP contribution is -2.30. The number of carbonyl (C=O) groups excluding carboxylic acids is 1. The number of aryl methyl sites for hydroxylation is 1. The van der Waals surface area contributed by atoms with Crippen molar-refractivity contribution in [1.29, 1.82) is 5.26 Å². The molecule has 0 saturated heterocycles. The maximum atomic E-state index is 12.1. The molecule has 0 saturated carbocycles. The van der Waals surface area contributed by atoms with Gasteiger partial charge >= 0.3 is 0 Å². The highest BCUT2D eigenvalue weighted by molar-refractivity contribution is 9.10. The molecule has 2 rings (SSSR count). The minimum Gasteiger partial charge on any atom is -0.493 e. The second kappa shape index (κ2) is 9.95. The maximum Gasteiger partial charge on any atom is 0.262 e. The molecule has 0 aliphatic rings. The van der Waals surface area contributed by atoms with Crippen molar-refractivity contribution < 1.29 is 14.3 Å². The first-order valence-electron chi connectivity index (χ1n) is 8.82. The van der Waals surface area contributed by atoms with E-state index in [2.05, 4.69) is 21.2 Å². The molecule has 1 N–H and O–H groups in total. The Morgan fingerprint density at radius 2 is 1.93 bits per heavy atom. The standard InChI is InChI=1S/C22H23BrN2O3/c1-14(2)25-22(26)18(12-24)9-17-10-20(27-4)21(11-19(17)23)28-13-16-7-5-15(3)6-8-16/h5-11,14H,13H2,1-4H3,(H,25,26)/b18-9-. The van der Waals surface area contributed by atoms with Crippen molar-refractivity contribution >= 4 is 27.9 Å². The fourth-order valence-electron chi connectivity index (χ4n) is 2.42. The Kier molecular flexibility index (Phi) is 7.65. The number of methoxy groups -OCH3 is 1. The number of rotatable bonds is 7. The van der Waals surface area contributed by atoms with Crippen LogP contribution in [0, 0.1) is 18.3 Å². The van der Waals surface area contributed by atoms with Gasteiger partial charge in [-0.25, -0.2) is 0 Å². The summed E-state index contributed by atoms with van der Waals surface area (Å²) < 4.78 is 12.0. The minimum atomic E-state index is -0.414. The largest absolute Gasteiger partial charge is 0.493 e. The van der Waals surface area contributed by atoms with Gasteiger partial charge in [-0.2, -0.15) is 5.26 Å². The fraction of sp³-hybridized carbons (Fsp3) is 0.273. The van der Waals surface area contributed by atoms with Gasteiger partial charge in [0.1, 0.15) is 18.2 Å². The number of carbonyl (C=O) groups is 1. The van der Waals surface area contributed by atoms with E-state index in [1.165, 1.54) is 11.6 Å². The van der Waals surface area contributed by atoms with E-state index in [0.717, 1.165) is 5.56 Å². The predicted octanol–water partition coefficient (Wildman–Crippen LogP) is 4.78. The first kappa shape index (κ1) is 21.5. The van der Waals surface area contributed by atoms with Crippen molar-refractivity contribution in [1.82, 2.24) is 5.32 Å². The lowest BCUT2D eigenvalue weighted by molar-refractivity contribution is -0.117. The highest BCUT2D eigenvalue weighted by Gasteiger charge is 2.14. The fourth-order valence-corrected chi connectivity index (χ4v) is 2.86. The number of ether oxygens (including phenoxy) is 2. The van der Waals surface area contributed by atoms with Gasteiger partial charge in [0.15, 0.2) is 11.5 Å². The van der Waals surface area contributed by atoms with Crippen LogP contribution in [0.4, 0.5) is 0 Å². The molecule has 2 aromatic carbocycles. The summed E-state index contributed by atoms with van der Waals surface area (Å²) in [7, 11) is 1.55. The van der Waals surface area contributed by atoms with Crippen molar-refractivity contribution in [3.05, 3.63) is 63.1 Å². The van der Waals surface area contributed by atoms with Crippen molar-refractivity contribution in [3.8, 4) is 17.6 Å². The normalized spacial score (nSPS) is 11.1. The quantitative estimate of drug-likeness (QED) is 0.494. The van der Waals surface area contributed by atoms with Crippen molar-refractivity contribution in [2.75, 3.05) is 7.11 Å². The lowest BCUT2D eigenvalue weighted by atomic mass is 10.1. The van der Waals surface area contributed by atoms with E-state index in [1.54, 1.807) is 19.2 Å². The van der Waals surface area contributed by atoms with Gasteiger partial charge < -0.3 is 14.8 Å². The van der Waals surface area contributed by atoms with Crippen LogP contribution in [0.15, 0.2) is 46.4 Å². The molecular formula is C22H23BrN2O3. The zero-order valence-corrected chi connectivity index (χ0v) is 18.0. The van der Waals surface area contributed by atoms with Gasteiger partial charge in [-0.1, -0.05) is 45.8 Å². The molecule has 28 heavy (non-hydrogen) atoms. The lowest BCUT2D eigenvalue weighted by Gasteiger charge is -2.13. The van der Waals surface area contributed by atoms with Crippen LogP contribution in [0.3, 0.4) is 0 Å². The summed E-state index contributed by atoms with van der Waals surface area (Å²) in [6.07, 6.45) is 1.52. The van der Waals surface area contributed by atoms with Gasteiger partial charge in [0, 0.05) is 10.5 Å². The molecule has 146 valence electrons. The number of hydrogen-bond acceptors (Lipinski definition) is 4. The number of amides is 1. The van der Waals surface area contributed by atoms with E-state index in [-0.39, 0.29) is 11.6 Å². The Labute approximate surface area is 174 Å². The minimum absolute atomic E-state index is 0.0183. The number of hydrogen-bond donors (Lipinski definition) is 1. The Morgan fingerprint density at radius 1 is 1.25 bits per heavy atom. The van der Waals surface area contributed by atoms with E-state index >= 15 is 0 Å². The first-order chi connectivity index (χ1) is 13.3. The van der Waals surface area contributed by atoms with Gasteiger partial charge in [0.05, 0.1) is 7.11 Å². The van der Waals surface area contributed by atoms with Gasteiger partial charge in [-0.05, 0) is 50.1 Å². The van der Waals surface area contributed by atoms with E-state index in [1.807, 2.05) is 51.1 Å². The SMILES string of the molecule is COc1cc(/C=C(/C#N)C(=O)NC(C)C)c(Br)cc1OCc1ccc(C)cc1. The van der Waals surface area contributed by atoms with Crippen LogP contribution in [0.5, 0.6) is 11.5 Å². The van der Waals surface area contributed by atoms with E-state index in [9.17, 15) is 10.1 Å². The molecule has 0 radical (unpaired) electrons. The average Bonchev–Trinajstić information content (AvgIpc) is 2.66. The predicted molar refractivity (Wildman–Crippen MR) is 113 cm³/mol. The molecule has 5 nitrogen and oxygen atoms in total. The molecule has 0 unspecified atom stereocenters. The highest BCUT2D eigenvalue weighted by atomic mass is 79.9. The van der Waals surface area contributed by atoms with Crippen molar-refractivity contribution in [2.45, 2.75) is 33.4 Å². The summed E-state index contributed by atoms with van der Waals surface area (Å²) in [4.78, 5) is 12.1. The zero-order valence-electron chi connectivity index (χ0n) is 16.4. The maximum absolute atomic E-state index is 12.1. The smallest absolute Gasteiger partial charge is 0.262 e. The third kappa shape index (κ3) is 5.86. The molecule has 0 spiro atoms. The van der Waals surface area contributed by atoms with Crippen LogP contribution >= 0.6 is 15.9 Å². The summed E-state index contributed by atoms with van der Waals surface area (Å²) in [6.45, 7) is 6.12. The van der Waals surface area contributed by atoms with Crippen LogP contribution in [-0.4, -0.2) is 19.1 Å². The van der Waals surface area contributed by atoms with E-state index in [0.29, 0.717) is 28.1 Å². The topological polar surface area (TPSA) is 71.3 Å². The summed E-state index contributed by atoms with van der Waals surface area (Å²) in [6, 6.07) is 13.5. The molecule has 6 heteroatoms. The molecule has 0 bridgehead atoms. The monoisotopic (exact) mass is 442 g/mol. The van der Waals surface area contributed by atoms with Crippen LogP contribution in [0.1, 0.15) is 30.5 Å².